The monoisotopic (exact) mass is 1930 g/mol. The van der Waals surface area contributed by atoms with E-state index in [1.54, 1.807) is 35.5 Å². The van der Waals surface area contributed by atoms with Gasteiger partial charge in [-0.05, 0) is 372 Å². The fourth-order valence-corrected chi connectivity index (χ4v) is 16.9. The summed E-state index contributed by atoms with van der Waals surface area (Å²) < 4.78 is 32.0. The van der Waals surface area contributed by atoms with Crippen LogP contribution in [-0.4, -0.2) is 79.4 Å². The first-order valence-corrected chi connectivity index (χ1v) is 49.5. The Morgan fingerprint density at radius 2 is 0.445 bits per heavy atom. The molecule has 2 N–H and O–H groups in total. The lowest BCUT2D eigenvalue weighted by molar-refractivity contribution is -0.137. The number of ether oxygens (including phenoxy) is 6. The molecule has 146 heavy (non-hydrogen) atoms. The molecule has 15 heteroatoms. The Bertz CT molecular complexity index is 6580. The summed E-state index contributed by atoms with van der Waals surface area (Å²) >= 11 is 0. The lowest BCUT2D eigenvalue weighted by atomic mass is 9.95. The van der Waals surface area contributed by atoms with E-state index in [4.69, 9.17) is 33.5 Å². The summed E-state index contributed by atoms with van der Waals surface area (Å²) in [7, 11) is 8.29. The zero-order valence-corrected chi connectivity index (χ0v) is 85.1. The van der Waals surface area contributed by atoms with Gasteiger partial charge < -0.3 is 68.2 Å². The maximum absolute atomic E-state index is 10.6. The third kappa shape index (κ3) is 29.5. The number of hydrogen-bond acceptors (Lipinski definition) is 14. The van der Waals surface area contributed by atoms with Gasteiger partial charge >= 0.3 is 5.97 Å². The Morgan fingerprint density at radius 1 is 0.247 bits per heavy atom. The van der Waals surface area contributed by atoms with Crippen molar-refractivity contribution in [1.82, 2.24) is 0 Å². The molecule has 18 aromatic rings. The second-order valence-corrected chi connectivity index (χ2v) is 34.3. The zero-order chi connectivity index (χ0) is 102. The van der Waals surface area contributed by atoms with E-state index in [1.165, 1.54) is 67.0 Å². The first-order chi connectivity index (χ1) is 71.6. The van der Waals surface area contributed by atoms with Gasteiger partial charge in [0.1, 0.15) is 34.5 Å². The van der Waals surface area contributed by atoms with Gasteiger partial charge in [0.15, 0.2) is 0 Å². The van der Waals surface area contributed by atoms with Crippen molar-refractivity contribution < 1.29 is 38.3 Å². The molecule has 0 unspecified atom stereocenters. The van der Waals surface area contributed by atoms with Crippen LogP contribution in [-0.2, 0) is 4.79 Å². The molecule has 18 rings (SSSR count). The largest absolute Gasteiger partial charge is 0.497 e. The number of aryl methyl sites for hydroxylation is 2. The lowest BCUT2D eigenvalue weighted by Crippen LogP contribution is -2.21. The molecular weight excluding hydrogens is 1800 g/mol. The van der Waals surface area contributed by atoms with Crippen molar-refractivity contribution in [3.8, 4) is 34.5 Å². The third-order valence-electron chi connectivity index (χ3n) is 24.7. The Balaban J connectivity index is 0.000000146. The Labute approximate surface area is 862 Å². The third-order valence-corrected chi connectivity index (χ3v) is 24.7. The van der Waals surface area contributed by atoms with E-state index >= 15 is 0 Å². The standard InChI is InChI=1S/C34H29N.C32H25N.C24H25NO5.C21H21NO3.C20H29N3/c1-26-13-19-31(20-14-26)35(32-21-15-27(2)16-22-32)33-23-17-28(18-24-33)25-34(29-9-5-3-6-10-29)30-11-7-4-8-12-30;1-5-13-27(14-6-1)32(28-15-7-2-8-16-28)25-26-21-23-31(24-22-26)33(29-17-9-3-10-18-29)30-19-11-4-12-20-30;1-28-21-11-5-18(6-12-21)25(19-7-13-22(29-2)14-8-19)20-9-15-23(16-10-20)30-17-3-4-24(26)27;1-23-19-10-4-16(5-11-19)22(17-6-12-20(24-2)13-7-17)18-8-14-21(25-3)15-9-18;1-5-22(6-2)19-13-9-17(10-14-19)21-18-11-15-20(16-12-18)23(7-3)8-4/h3-25H,1-2H3;1-25H;5-16H,3-4,17H2,1-2H3,(H,26,27);4-15H,1-3H3;9-16,21H,5-8H2,1-4H3. The molecule has 0 bridgehead atoms. The molecule has 0 spiro atoms. The number of aliphatic carboxylic acids is 1. The Hall–Kier alpha value is -17.7. The molecule has 0 amide bonds. The van der Waals surface area contributed by atoms with Crippen LogP contribution in [0.15, 0.2) is 473 Å². The molecule has 0 radical (unpaired) electrons. The molecule has 0 aliphatic rings. The van der Waals surface area contributed by atoms with Gasteiger partial charge in [-0.25, -0.2) is 0 Å². The van der Waals surface area contributed by atoms with Crippen molar-refractivity contribution in [3.63, 3.8) is 0 Å². The highest BCUT2D eigenvalue weighted by Gasteiger charge is 2.20. The van der Waals surface area contributed by atoms with E-state index in [-0.39, 0.29) is 6.42 Å². The van der Waals surface area contributed by atoms with E-state index < -0.39 is 5.97 Å². The van der Waals surface area contributed by atoms with Crippen molar-refractivity contribution >= 4 is 120 Å². The van der Waals surface area contributed by atoms with Crippen LogP contribution in [0.1, 0.15) is 85.0 Å². The molecule has 0 aromatic heterocycles. The second-order valence-electron chi connectivity index (χ2n) is 34.3. The number of carboxylic acid groups (broad SMARTS) is 1. The fraction of sp³-hybridized carbons (Fsp3) is 0.137. The molecule has 0 fully saturated rings. The van der Waals surface area contributed by atoms with Crippen LogP contribution in [0.4, 0.5) is 91.0 Å². The van der Waals surface area contributed by atoms with Gasteiger partial charge in [-0.3, -0.25) is 4.79 Å². The molecule has 18 aromatic carbocycles. The van der Waals surface area contributed by atoms with Crippen molar-refractivity contribution in [2.45, 2.75) is 54.4 Å². The maximum atomic E-state index is 10.6. The summed E-state index contributed by atoms with van der Waals surface area (Å²) in [6.07, 6.45) is 5.11. The first-order valence-electron chi connectivity index (χ1n) is 49.5. The van der Waals surface area contributed by atoms with Crippen LogP contribution >= 0.6 is 0 Å². The summed E-state index contributed by atoms with van der Waals surface area (Å²) in [5, 5.41) is 12.2. The van der Waals surface area contributed by atoms with E-state index in [9.17, 15) is 4.79 Å². The minimum atomic E-state index is -0.816. The SMILES string of the molecule is C(=C(c1ccccc1)c1ccccc1)c1ccc(N(c2ccccc2)c2ccccc2)cc1.CCN(CC)c1ccc(Nc2ccc(N(CC)CC)cc2)cc1.COc1ccc(N(c2ccc(OC)cc2)c2ccc(OC)cc2)cc1.COc1ccc(N(c2ccc(OC)cc2)c2ccc(OCCCC(=O)O)cc2)cc1.Cc1ccc(N(c2ccc(C)cc2)c2ccc(C=C(c3ccccc3)c3ccccc3)cc2)cc1. The van der Waals surface area contributed by atoms with Crippen molar-refractivity contribution in [2.24, 2.45) is 0 Å². The van der Waals surface area contributed by atoms with Gasteiger partial charge in [-0.2, -0.15) is 0 Å². The fourth-order valence-electron chi connectivity index (χ4n) is 16.9. The molecule has 0 atom stereocenters. The van der Waals surface area contributed by atoms with Crippen LogP contribution in [0.5, 0.6) is 34.5 Å². The maximum Gasteiger partial charge on any atom is 0.303 e. The van der Waals surface area contributed by atoms with Crippen molar-refractivity contribution in [2.75, 3.05) is 103 Å². The summed E-state index contributed by atoms with van der Waals surface area (Å²) in [4.78, 5) is 24.2. The molecule has 736 valence electrons. The summed E-state index contributed by atoms with van der Waals surface area (Å²) in [6, 6.07) is 163. The quantitative estimate of drug-likeness (QED) is 0.0286. The summed E-state index contributed by atoms with van der Waals surface area (Å²) in [5.74, 6) is 3.95. The van der Waals surface area contributed by atoms with Gasteiger partial charge in [0.2, 0.25) is 0 Å². The smallest absolute Gasteiger partial charge is 0.303 e. The minimum absolute atomic E-state index is 0.0980. The molecule has 0 aliphatic heterocycles. The van der Waals surface area contributed by atoms with Crippen molar-refractivity contribution in [1.29, 1.82) is 0 Å². The highest BCUT2D eigenvalue weighted by molar-refractivity contribution is 5.94. The molecule has 0 heterocycles. The number of anilines is 16. The summed E-state index contributed by atoms with van der Waals surface area (Å²) in [5.41, 5.74) is 29.8. The topological polar surface area (TPSA) is 124 Å². The number of benzene rings is 18. The van der Waals surface area contributed by atoms with Gasteiger partial charge in [-0.15, -0.1) is 0 Å². The number of rotatable bonds is 36. The Morgan fingerprint density at radius 3 is 0.664 bits per heavy atom. The van der Waals surface area contributed by atoms with E-state index in [0.717, 1.165) is 135 Å². The van der Waals surface area contributed by atoms with E-state index in [2.05, 4.69) is 416 Å². The minimum Gasteiger partial charge on any atom is -0.497 e. The number of nitrogens with one attached hydrogen (secondary N) is 1. The predicted octanol–water partition coefficient (Wildman–Crippen LogP) is 33.8. The number of para-hydroxylation sites is 2. The lowest BCUT2D eigenvalue weighted by Gasteiger charge is -2.26. The average molecular weight is 1930 g/mol. The zero-order valence-electron chi connectivity index (χ0n) is 85.1. The number of methoxy groups -OCH3 is 5. The average Bonchev–Trinajstić information content (AvgIpc) is 0.809. The number of carboxylic acids is 1. The van der Waals surface area contributed by atoms with Crippen LogP contribution in [0.2, 0.25) is 0 Å². The van der Waals surface area contributed by atoms with Crippen LogP contribution in [0.25, 0.3) is 23.3 Å². The number of carbonyl (C=O) groups is 1. The normalized spacial score (nSPS) is 10.4. The van der Waals surface area contributed by atoms with Crippen molar-refractivity contribution in [3.05, 3.63) is 518 Å². The van der Waals surface area contributed by atoms with E-state index in [0.29, 0.717) is 18.8 Å². The highest BCUT2D eigenvalue weighted by atomic mass is 16.5. The highest BCUT2D eigenvalue weighted by Crippen LogP contribution is 2.43. The molecule has 0 aliphatic carbocycles. The molecular formula is C131H129N7O8. The van der Waals surface area contributed by atoms with Gasteiger partial charge in [0.25, 0.3) is 0 Å². The summed E-state index contributed by atoms with van der Waals surface area (Å²) in [6.45, 7) is 17.5. The van der Waals surface area contributed by atoms with Crippen LogP contribution < -0.4 is 63.1 Å². The molecule has 0 saturated carbocycles. The first kappa shape index (κ1) is 104. The van der Waals surface area contributed by atoms with Gasteiger partial charge in [0.05, 0.1) is 42.2 Å². The predicted molar refractivity (Wildman–Crippen MR) is 612 cm³/mol. The molecule has 0 saturated heterocycles. The van der Waals surface area contributed by atoms with Crippen LogP contribution in [0, 0.1) is 13.8 Å². The molecule has 15 nitrogen and oxygen atoms in total. The second kappa shape index (κ2) is 54.4. The van der Waals surface area contributed by atoms with Gasteiger partial charge in [-0.1, -0.05) is 217 Å². The van der Waals surface area contributed by atoms with Gasteiger partial charge in [0, 0.05) is 124 Å². The van der Waals surface area contributed by atoms with E-state index in [1.807, 2.05) is 146 Å². The number of nitrogens with zero attached hydrogens (tertiary/aromatic N) is 6. The van der Waals surface area contributed by atoms with Crippen LogP contribution in [0.3, 0.4) is 0 Å². The Kier molecular flexibility index (Phi) is 38.8. The number of hydrogen-bond donors (Lipinski definition) is 2.